The van der Waals surface area contributed by atoms with E-state index in [2.05, 4.69) is 5.32 Å². The van der Waals surface area contributed by atoms with E-state index in [9.17, 15) is 0 Å². The molecule has 4 heteroatoms. The van der Waals surface area contributed by atoms with Gasteiger partial charge < -0.3 is 15.8 Å². The van der Waals surface area contributed by atoms with Crippen LogP contribution in [0.2, 0.25) is 5.02 Å². The lowest BCUT2D eigenvalue weighted by atomic mass is 10.0. The van der Waals surface area contributed by atoms with E-state index in [-0.39, 0.29) is 0 Å². The summed E-state index contributed by atoms with van der Waals surface area (Å²) in [5, 5.41) is 4.07. The molecule has 1 aromatic carbocycles. The third-order valence-corrected chi connectivity index (χ3v) is 3.79. The second kappa shape index (κ2) is 5.15. The first-order valence-electron chi connectivity index (χ1n) is 5.94. The fourth-order valence-electron chi connectivity index (χ4n) is 2.01. The van der Waals surface area contributed by atoms with Crippen LogP contribution in [0.3, 0.4) is 0 Å². The lowest BCUT2D eigenvalue weighted by Gasteiger charge is -2.18. The first kappa shape index (κ1) is 12.5. The molecule has 3 N–H and O–H groups in total. The maximum absolute atomic E-state index is 6.12. The van der Waals surface area contributed by atoms with Crippen LogP contribution >= 0.6 is 11.6 Å². The second-order valence-electron chi connectivity index (χ2n) is 4.80. The minimum atomic E-state index is 0.390. The number of para-hydroxylation sites is 1. The van der Waals surface area contributed by atoms with E-state index in [1.165, 1.54) is 12.8 Å². The molecule has 0 atom stereocenters. The fraction of sp³-hybridized carbons (Fsp3) is 0.538. The number of benzene rings is 1. The summed E-state index contributed by atoms with van der Waals surface area (Å²) in [5.74, 6) is 0. The van der Waals surface area contributed by atoms with Crippen molar-refractivity contribution in [1.29, 1.82) is 0 Å². The Morgan fingerprint density at radius 2 is 2.24 bits per heavy atom. The molecule has 94 valence electrons. The van der Waals surface area contributed by atoms with Gasteiger partial charge >= 0.3 is 0 Å². The van der Waals surface area contributed by atoms with Gasteiger partial charge in [0.1, 0.15) is 0 Å². The van der Waals surface area contributed by atoms with Crippen molar-refractivity contribution in [2.75, 3.05) is 31.3 Å². The van der Waals surface area contributed by atoms with Crippen LogP contribution in [0.4, 0.5) is 11.4 Å². The van der Waals surface area contributed by atoms with Crippen LogP contribution in [-0.2, 0) is 4.74 Å². The molecule has 0 bridgehead atoms. The smallest absolute Gasteiger partial charge is 0.0763 e. The summed E-state index contributed by atoms with van der Waals surface area (Å²) in [6.07, 6.45) is 3.61. The number of halogens is 1. The summed E-state index contributed by atoms with van der Waals surface area (Å²) < 4.78 is 5.14. The van der Waals surface area contributed by atoms with Crippen molar-refractivity contribution in [3.05, 3.63) is 23.2 Å². The molecule has 1 aliphatic rings. The van der Waals surface area contributed by atoms with Gasteiger partial charge in [0.05, 0.1) is 16.4 Å². The Labute approximate surface area is 107 Å². The van der Waals surface area contributed by atoms with Crippen molar-refractivity contribution in [3.63, 3.8) is 0 Å². The lowest BCUT2D eigenvalue weighted by molar-refractivity contribution is 0.175. The quantitative estimate of drug-likeness (QED) is 0.767. The topological polar surface area (TPSA) is 47.3 Å². The number of hydrogen-bond donors (Lipinski definition) is 2. The van der Waals surface area contributed by atoms with Gasteiger partial charge in [-0.2, -0.15) is 0 Å². The summed E-state index contributed by atoms with van der Waals surface area (Å²) in [7, 11) is 1.75. The van der Waals surface area contributed by atoms with E-state index in [0.29, 0.717) is 16.1 Å². The Hall–Kier alpha value is -0.930. The van der Waals surface area contributed by atoms with Gasteiger partial charge in [-0.1, -0.05) is 17.7 Å². The highest BCUT2D eigenvalue weighted by Gasteiger charge is 2.41. The molecule has 1 fully saturated rings. The molecular formula is C13H19ClN2O. The average Bonchev–Trinajstić information content (AvgIpc) is 3.07. The molecule has 3 nitrogen and oxygen atoms in total. The third kappa shape index (κ3) is 3.05. The SMILES string of the molecule is COCCC1(CNc2c(N)cccc2Cl)CC1. The maximum atomic E-state index is 6.12. The van der Waals surface area contributed by atoms with E-state index in [1.54, 1.807) is 7.11 Å². The van der Waals surface area contributed by atoms with Gasteiger partial charge in [0.25, 0.3) is 0 Å². The molecule has 2 rings (SSSR count). The van der Waals surface area contributed by atoms with Crippen molar-refractivity contribution < 1.29 is 4.74 Å². The molecule has 1 aromatic rings. The highest BCUT2D eigenvalue weighted by Crippen LogP contribution is 2.49. The molecule has 0 unspecified atom stereocenters. The molecule has 0 aromatic heterocycles. The largest absolute Gasteiger partial charge is 0.397 e. The number of nitrogens with two attached hydrogens (primary N) is 1. The molecule has 0 aliphatic heterocycles. The number of ether oxygens (including phenoxy) is 1. The number of nitrogen functional groups attached to an aromatic ring is 1. The van der Waals surface area contributed by atoms with E-state index in [4.69, 9.17) is 22.1 Å². The predicted molar refractivity (Wildman–Crippen MR) is 72.5 cm³/mol. The van der Waals surface area contributed by atoms with Gasteiger partial charge in [-0.05, 0) is 36.8 Å². The molecule has 0 saturated heterocycles. The van der Waals surface area contributed by atoms with E-state index in [1.807, 2.05) is 18.2 Å². The van der Waals surface area contributed by atoms with Gasteiger partial charge in [0, 0.05) is 20.3 Å². The Kier molecular flexibility index (Phi) is 3.79. The van der Waals surface area contributed by atoms with Gasteiger partial charge in [0.15, 0.2) is 0 Å². The minimum Gasteiger partial charge on any atom is -0.397 e. The number of methoxy groups -OCH3 is 1. The Morgan fingerprint density at radius 1 is 1.47 bits per heavy atom. The molecular weight excluding hydrogens is 236 g/mol. The number of anilines is 2. The van der Waals surface area contributed by atoms with E-state index < -0.39 is 0 Å². The van der Waals surface area contributed by atoms with Crippen molar-refractivity contribution in [2.24, 2.45) is 5.41 Å². The van der Waals surface area contributed by atoms with Crippen LogP contribution in [0.15, 0.2) is 18.2 Å². The van der Waals surface area contributed by atoms with Crippen molar-refractivity contribution in [1.82, 2.24) is 0 Å². The van der Waals surface area contributed by atoms with Gasteiger partial charge in [-0.15, -0.1) is 0 Å². The number of nitrogens with one attached hydrogen (secondary N) is 1. The van der Waals surface area contributed by atoms with Gasteiger partial charge in [-0.3, -0.25) is 0 Å². The zero-order valence-electron chi connectivity index (χ0n) is 10.1. The summed E-state index contributed by atoms with van der Waals surface area (Å²) in [6, 6.07) is 5.58. The second-order valence-corrected chi connectivity index (χ2v) is 5.21. The van der Waals surface area contributed by atoms with Gasteiger partial charge in [-0.25, -0.2) is 0 Å². The molecule has 0 radical (unpaired) electrons. The van der Waals surface area contributed by atoms with Crippen LogP contribution in [0.1, 0.15) is 19.3 Å². The third-order valence-electron chi connectivity index (χ3n) is 3.48. The van der Waals surface area contributed by atoms with Crippen LogP contribution in [0.5, 0.6) is 0 Å². The predicted octanol–water partition coefficient (Wildman–Crippen LogP) is 3.15. The monoisotopic (exact) mass is 254 g/mol. The van der Waals surface area contributed by atoms with E-state index in [0.717, 1.165) is 25.3 Å². The summed E-state index contributed by atoms with van der Waals surface area (Å²) in [4.78, 5) is 0. The van der Waals surface area contributed by atoms with Crippen LogP contribution in [0, 0.1) is 5.41 Å². The summed E-state index contributed by atoms with van der Waals surface area (Å²) >= 11 is 6.12. The lowest BCUT2D eigenvalue weighted by Crippen LogP contribution is -2.18. The molecule has 0 spiro atoms. The summed E-state index contributed by atoms with van der Waals surface area (Å²) in [5.41, 5.74) is 7.86. The maximum Gasteiger partial charge on any atom is 0.0763 e. The Bertz CT molecular complexity index is 371. The van der Waals surface area contributed by atoms with Crippen molar-refractivity contribution >= 4 is 23.0 Å². The standard InChI is InChI=1S/C13H19ClN2O/c1-17-8-7-13(5-6-13)9-16-12-10(14)3-2-4-11(12)15/h2-4,16H,5-9,15H2,1H3. The molecule has 0 amide bonds. The van der Waals surface area contributed by atoms with E-state index >= 15 is 0 Å². The molecule has 0 heterocycles. The van der Waals surface area contributed by atoms with Crippen LogP contribution in [-0.4, -0.2) is 20.3 Å². The highest BCUT2D eigenvalue weighted by molar-refractivity contribution is 6.33. The Morgan fingerprint density at radius 3 is 2.82 bits per heavy atom. The van der Waals surface area contributed by atoms with Crippen molar-refractivity contribution in [3.8, 4) is 0 Å². The minimum absolute atomic E-state index is 0.390. The molecule has 1 aliphatic carbocycles. The van der Waals surface area contributed by atoms with Crippen LogP contribution in [0.25, 0.3) is 0 Å². The Balaban J connectivity index is 1.94. The van der Waals surface area contributed by atoms with Gasteiger partial charge in [0.2, 0.25) is 0 Å². The number of hydrogen-bond acceptors (Lipinski definition) is 3. The summed E-state index contributed by atoms with van der Waals surface area (Å²) in [6.45, 7) is 1.74. The highest BCUT2D eigenvalue weighted by atomic mass is 35.5. The molecule has 1 saturated carbocycles. The molecule has 17 heavy (non-hydrogen) atoms. The fourth-order valence-corrected chi connectivity index (χ4v) is 2.26. The van der Waals surface area contributed by atoms with Crippen LogP contribution < -0.4 is 11.1 Å². The first-order valence-corrected chi connectivity index (χ1v) is 6.31. The normalized spacial score (nSPS) is 16.8. The zero-order chi connectivity index (χ0) is 12.3. The first-order chi connectivity index (χ1) is 8.17. The van der Waals surface area contributed by atoms with Crippen molar-refractivity contribution in [2.45, 2.75) is 19.3 Å². The zero-order valence-corrected chi connectivity index (χ0v) is 10.9. The average molecular weight is 255 g/mol. The number of rotatable bonds is 6.